The average molecular weight is 169 g/mol. The van der Waals surface area contributed by atoms with Crippen molar-refractivity contribution < 1.29 is 4.74 Å². The zero-order valence-electron chi connectivity index (χ0n) is 7.96. The van der Waals surface area contributed by atoms with E-state index >= 15 is 0 Å². The van der Waals surface area contributed by atoms with Crippen molar-refractivity contribution >= 4 is 0 Å². The van der Waals surface area contributed by atoms with E-state index in [1.54, 1.807) is 0 Å². The molecule has 2 rings (SSSR count). The molecule has 1 heterocycles. The minimum atomic E-state index is 0.946. The SMILES string of the molecule is CC1CC1CN1CCCOCC1. The molecule has 2 nitrogen and oxygen atoms in total. The maximum atomic E-state index is 5.41. The lowest BCUT2D eigenvalue weighted by atomic mass is 10.3. The van der Waals surface area contributed by atoms with Gasteiger partial charge in [0, 0.05) is 26.2 Å². The Labute approximate surface area is 74.9 Å². The van der Waals surface area contributed by atoms with Gasteiger partial charge in [-0.2, -0.15) is 0 Å². The largest absolute Gasteiger partial charge is 0.380 e. The van der Waals surface area contributed by atoms with Crippen LogP contribution in [0.2, 0.25) is 0 Å². The molecule has 2 fully saturated rings. The van der Waals surface area contributed by atoms with Crippen LogP contribution in [0.1, 0.15) is 19.8 Å². The fourth-order valence-electron chi connectivity index (χ4n) is 1.97. The molecule has 2 heteroatoms. The van der Waals surface area contributed by atoms with Crippen LogP contribution in [0.15, 0.2) is 0 Å². The summed E-state index contributed by atoms with van der Waals surface area (Å²) < 4.78 is 5.41. The summed E-state index contributed by atoms with van der Waals surface area (Å²) in [7, 11) is 0. The summed E-state index contributed by atoms with van der Waals surface area (Å²) in [4.78, 5) is 2.57. The van der Waals surface area contributed by atoms with Gasteiger partial charge in [0.25, 0.3) is 0 Å². The first-order valence-electron chi connectivity index (χ1n) is 5.16. The first-order valence-corrected chi connectivity index (χ1v) is 5.16. The van der Waals surface area contributed by atoms with Crippen molar-refractivity contribution in [2.45, 2.75) is 19.8 Å². The Hall–Kier alpha value is -0.0800. The van der Waals surface area contributed by atoms with Crippen LogP contribution in [-0.4, -0.2) is 37.7 Å². The number of nitrogens with zero attached hydrogens (tertiary/aromatic N) is 1. The average Bonchev–Trinajstić information content (AvgIpc) is 2.78. The molecule has 0 N–H and O–H groups in total. The molecule has 0 radical (unpaired) electrons. The minimum absolute atomic E-state index is 0.946. The molecule has 0 spiro atoms. The van der Waals surface area contributed by atoms with Gasteiger partial charge < -0.3 is 9.64 Å². The first-order chi connectivity index (χ1) is 5.86. The van der Waals surface area contributed by atoms with Gasteiger partial charge in [0.1, 0.15) is 0 Å². The molecule has 0 bridgehead atoms. The van der Waals surface area contributed by atoms with Crippen molar-refractivity contribution in [1.29, 1.82) is 0 Å². The van der Waals surface area contributed by atoms with Crippen molar-refractivity contribution in [3.05, 3.63) is 0 Å². The lowest BCUT2D eigenvalue weighted by Crippen LogP contribution is -2.28. The maximum Gasteiger partial charge on any atom is 0.0593 e. The Balaban J connectivity index is 1.71. The van der Waals surface area contributed by atoms with Gasteiger partial charge in [-0.1, -0.05) is 6.92 Å². The molecule has 2 aliphatic rings. The third-order valence-electron chi connectivity index (χ3n) is 3.08. The Bertz CT molecular complexity index is 141. The van der Waals surface area contributed by atoms with Gasteiger partial charge in [0.2, 0.25) is 0 Å². The van der Waals surface area contributed by atoms with Crippen molar-refractivity contribution in [2.24, 2.45) is 11.8 Å². The van der Waals surface area contributed by atoms with E-state index in [4.69, 9.17) is 4.74 Å². The molecule has 1 aliphatic heterocycles. The quantitative estimate of drug-likeness (QED) is 0.619. The van der Waals surface area contributed by atoms with E-state index in [9.17, 15) is 0 Å². The second-order valence-corrected chi connectivity index (χ2v) is 4.24. The van der Waals surface area contributed by atoms with Gasteiger partial charge in [0.15, 0.2) is 0 Å². The summed E-state index contributed by atoms with van der Waals surface area (Å²) in [5.74, 6) is 2.00. The van der Waals surface area contributed by atoms with Crippen LogP contribution >= 0.6 is 0 Å². The Kier molecular flexibility index (Phi) is 2.66. The Morgan fingerprint density at radius 2 is 2.17 bits per heavy atom. The molecule has 1 aliphatic carbocycles. The number of rotatable bonds is 2. The third kappa shape index (κ3) is 2.20. The number of hydrogen-bond donors (Lipinski definition) is 0. The van der Waals surface area contributed by atoms with Crippen LogP contribution in [0.5, 0.6) is 0 Å². The number of ether oxygens (including phenoxy) is 1. The van der Waals surface area contributed by atoms with Crippen molar-refractivity contribution in [3.8, 4) is 0 Å². The zero-order chi connectivity index (χ0) is 8.39. The summed E-state index contributed by atoms with van der Waals surface area (Å²) in [6.45, 7) is 8.01. The van der Waals surface area contributed by atoms with Gasteiger partial charge in [0.05, 0.1) is 6.61 Å². The highest BCUT2D eigenvalue weighted by atomic mass is 16.5. The Morgan fingerprint density at radius 3 is 2.92 bits per heavy atom. The molecule has 0 amide bonds. The predicted molar refractivity (Wildman–Crippen MR) is 49.1 cm³/mol. The molecule has 0 aromatic heterocycles. The lowest BCUT2D eigenvalue weighted by Gasteiger charge is -2.18. The van der Waals surface area contributed by atoms with Gasteiger partial charge >= 0.3 is 0 Å². The predicted octanol–water partition coefficient (Wildman–Crippen LogP) is 1.36. The lowest BCUT2D eigenvalue weighted by molar-refractivity contribution is 0.140. The molecular weight excluding hydrogens is 150 g/mol. The Morgan fingerprint density at radius 1 is 1.33 bits per heavy atom. The summed E-state index contributed by atoms with van der Waals surface area (Å²) in [5.41, 5.74) is 0. The van der Waals surface area contributed by atoms with Crippen LogP contribution in [0.25, 0.3) is 0 Å². The summed E-state index contributed by atoms with van der Waals surface area (Å²) >= 11 is 0. The van der Waals surface area contributed by atoms with E-state index in [1.807, 2.05) is 0 Å². The molecule has 2 atom stereocenters. The second kappa shape index (κ2) is 3.75. The monoisotopic (exact) mass is 169 g/mol. The standard InChI is InChI=1S/C10H19NO/c1-9-7-10(9)8-11-3-2-5-12-6-4-11/h9-10H,2-8H2,1H3. The van der Waals surface area contributed by atoms with E-state index in [-0.39, 0.29) is 0 Å². The molecule has 0 aromatic rings. The molecular formula is C10H19NO. The smallest absolute Gasteiger partial charge is 0.0593 e. The van der Waals surface area contributed by atoms with Crippen LogP contribution in [0.4, 0.5) is 0 Å². The fraction of sp³-hybridized carbons (Fsp3) is 1.00. The normalized spacial score (nSPS) is 37.8. The van der Waals surface area contributed by atoms with E-state index in [2.05, 4.69) is 11.8 Å². The van der Waals surface area contributed by atoms with Crippen LogP contribution < -0.4 is 0 Å². The second-order valence-electron chi connectivity index (χ2n) is 4.24. The van der Waals surface area contributed by atoms with Gasteiger partial charge in [-0.3, -0.25) is 0 Å². The van der Waals surface area contributed by atoms with Crippen LogP contribution in [0.3, 0.4) is 0 Å². The van der Waals surface area contributed by atoms with Crippen molar-refractivity contribution in [1.82, 2.24) is 4.90 Å². The van der Waals surface area contributed by atoms with Crippen LogP contribution in [-0.2, 0) is 4.74 Å². The molecule has 70 valence electrons. The van der Waals surface area contributed by atoms with Gasteiger partial charge in [-0.15, -0.1) is 0 Å². The van der Waals surface area contributed by atoms with Gasteiger partial charge in [-0.25, -0.2) is 0 Å². The highest BCUT2D eigenvalue weighted by Gasteiger charge is 2.33. The fourth-order valence-corrected chi connectivity index (χ4v) is 1.97. The third-order valence-corrected chi connectivity index (χ3v) is 3.08. The topological polar surface area (TPSA) is 12.5 Å². The highest BCUT2D eigenvalue weighted by molar-refractivity contribution is 4.85. The van der Waals surface area contributed by atoms with Gasteiger partial charge in [-0.05, 0) is 24.7 Å². The molecule has 1 saturated carbocycles. The van der Waals surface area contributed by atoms with E-state index in [1.165, 1.54) is 25.9 Å². The number of hydrogen-bond acceptors (Lipinski definition) is 2. The zero-order valence-corrected chi connectivity index (χ0v) is 7.96. The van der Waals surface area contributed by atoms with E-state index in [0.717, 1.165) is 31.6 Å². The minimum Gasteiger partial charge on any atom is -0.380 e. The summed E-state index contributed by atoms with van der Waals surface area (Å²) in [6, 6.07) is 0. The van der Waals surface area contributed by atoms with E-state index < -0.39 is 0 Å². The summed E-state index contributed by atoms with van der Waals surface area (Å²) in [5, 5.41) is 0. The summed E-state index contributed by atoms with van der Waals surface area (Å²) in [6.07, 6.45) is 2.68. The molecule has 12 heavy (non-hydrogen) atoms. The van der Waals surface area contributed by atoms with Crippen LogP contribution in [0, 0.1) is 11.8 Å². The first kappa shape index (κ1) is 8.52. The molecule has 2 unspecified atom stereocenters. The van der Waals surface area contributed by atoms with Crippen molar-refractivity contribution in [3.63, 3.8) is 0 Å². The maximum absolute atomic E-state index is 5.41. The molecule has 0 aromatic carbocycles. The van der Waals surface area contributed by atoms with E-state index in [0.29, 0.717) is 0 Å². The van der Waals surface area contributed by atoms with Crippen molar-refractivity contribution in [2.75, 3.05) is 32.8 Å². The molecule has 1 saturated heterocycles. The highest BCUT2D eigenvalue weighted by Crippen LogP contribution is 2.38.